The molecule has 0 atom stereocenters. The maximum atomic E-state index is 13.4. The van der Waals surface area contributed by atoms with E-state index in [4.69, 9.17) is 4.42 Å². The van der Waals surface area contributed by atoms with Crippen molar-refractivity contribution in [2.45, 2.75) is 6.54 Å². The number of hydrogen-bond acceptors (Lipinski definition) is 4. The quantitative estimate of drug-likeness (QED) is 0.865. The van der Waals surface area contributed by atoms with E-state index in [-0.39, 0.29) is 18.0 Å². The number of esters is 1. The second-order valence-corrected chi connectivity index (χ2v) is 3.71. The Morgan fingerprint density at radius 3 is 2.84 bits per heavy atom. The van der Waals surface area contributed by atoms with Gasteiger partial charge in [-0.2, -0.15) is 0 Å². The average molecular weight is 267 g/mol. The fourth-order valence-corrected chi connectivity index (χ4v) is 1.51. The lowest BCUT2D eigenvalue weighted by molar-refractivity contribution is 0.0563. The summed E-state index contributed by atoms with van der Waals surface area (Å²) in [7, 11) is 1.24. The molecule has 1 aromatic carbocycles. The molecule has 19 heavy (non-hydrogen) atoms. The summed E-state index contributed by atoms with van der Waals surface area (Å²) in [5, 5.41) is 2.68. The van der Waals surface area contributed by atoms with Gasteiger partial charge in [-0.15, -0.1) is 0 Å². The van der Waals surface area contributed by atoms with Crippen molar-refractivity contribution in [3.05, 3.63) is 53.5 Å². The van der Waals surface area contributed by atoms with Gasteiger partial charge in [0.1, 0.15) is 5.76 Å². The van der Waals surface area contributed by atoms with E-state index >= 15 is 0 Å². The first kappa shape index (κ1) is 13.1. The minimum absolute atomic E-state index is 0.0241. The molecule has 0 unspecified atom stereocenters. The second kappa shape index (κ2) is 5.51. The van der Waals surface area contributed by atoms with E-state index < -0.39 is 17.6 Å². The number of rotatable bonds is 4. The molecular formula is C13H11F2NO3. The summed E-state index contributed by atoms with van der Waals surface area (Å²) in [6, 6.07) is 6.83. The molecule has 6 heteroatoms. The fourth-order valence-electron chi connectivity index (χ4n) is 1.51. The molecule has 2 aromatic rings. The molecule has 100 valence electrons. The van der Waals surface area contributed by atoms with Crippen molar-refractivity contribution < 1.29 is 22.7 Å². The van der Waals surface area contributed by atoms with Crippen molar-refractivity contribution in [1.29, 1.82) is 0 Å². The van der Waals surface area contributed by atoms with Crippen molar-refractivity contribution in [1.82, 2.24) is 0 Å². The van der Waals surface area contributed by atoms with Gasteiger partial charge in [0.25, 0.3) is 0 Å². The molecule has 0 amide bonds. The molecule has 0 aliphatic heterocycles. The predicted molar refractivity (Wildman–Crippen MR) is 63.7 cm³/mol. The zero-order valence-electron chi connectivity index (χ0n) is 10.1. The molecule has 0 bridgehead atoms. The number of hydrogen-bond donors (Lipinski definition) is 1. The normalized spacial score (nSPS) is 10.3. The lowest BCUT2D eigenvalue weighted by Gasteiger charge is -2.05. The number of nitrogens with one attached hydrogen (secondary N) is 1. The Kier molecular flexibility index (Phi) is 3.79. The predicted octanol–water partition coefficient (Wildman–Crippen LogP) is 2.96. The van der Waals surface area contributed by atoms with Crippen LogP contribution in [-0.2, 0) is 11.3 Å². The first-order valence-corrected chi connectivity index (χ1v) is 5.46. The molecule has 0 aliphatic rings. The van der Waals surface area contributed by atoms with Gasteiger partial charge in [-0.1, -0.05) is 6.07 Å². The van der Waals surface area contributed by atoms with Crippen LogP contribution < -0.4 is 5.32 Å². The number of carbonyl (C=O) groups excluding carboxylic acids is 1. The molecule has 0 aliphatic carbocycles. The molecule has 1 N–H and O–H groups in total. The van der Waals surface area contributed by atoms with Crippen LogP contribution in [0.1, 0.15) is 16.3 Å². The third kappa shape index (κ3) is 2.90. The molecule has 0 spiro atoms. The van der Waals surface area contributed by atoms with Crippen LogP contribution in [-0.4, -0.2) is 13.1 Å². The smallest absolute Gasteiger partial charge is 0.373 e. The van der Waals surface area contributed by atoms with Crippen molar-refractivity contribution >= 4 is 11.7 Å². The van der Waals surface area contributed by atoms with E-state index in [1.165, 1.54) is 25.3 Å². The molecule has 1 aromatic heterocycles. The summed E-state index contributed by atoms with van der Waals surface area (Å²) in [5.74, 6) is -2.02. The van der Waals surface area contributed by atoms with Crippen LogP contribution in [0.2, 0.25) is 0 Å². The van der Waals surface area contributed by atoms with Gasteiger partial charge < -0.3 is 14.5 Å². The van der Waals surface area contributed by atoms with E-state index in [2.05, 4.69) is 10.1 Å². The minimum Gasteiger partial charge on any atom is -0.463 e. The third-order valence-electron chi connectivity index (χ3n) is 2.45. The number of carbonyl (C=O) groups is 1. The molecule has 0 radical (unpaired) electrons. The minimum atomic E-state index is -0.956. The summed E-state index contributed by atoms with van der Waals surface area (Å²) >= 11 is 0. The van der Waals surface area contributed by atoms with Crippen molar-refractivity contribution in [3.63, 3.8) is 0 Å². The van der Waals surface area contributed by atoms with Gasteiger partial charge in [-0.25, -0.2) is 13.6 Å². The lowest BCUT2D eigenvalue weighted by Crippen LogP contribution is -2.02. The highest BCUT2D eigenvalue weighted by Gasteiger charge is 2.12. The first-order valence-electron chi connectivity index (χ1n) is 5.46. The van der Waals surface area contributed by atoms with Crippen LogP contribution in [0.3, 0.4) is 0 Å². The number of methoxy groups -OCH3 is 1. The number of benzene rings is 1. The molecule has 2 rings (SSSR count). The van der Waals surface area contributed by atoms with E-state index in [1.54, 1.807) is 6.07 Å². The van der Waals surface area contributed by atoms with Crippen LogP contribution in [0.4, 0.5) is 14.5 Å². The van der Waals surface area contributed by atoms with E-state index in [0.29, 0.717) is 5.76 Å². The fraction of sp³-hybridized carbons (Fsp3) is 0.154. The zero-order valence-corrected chi connectivity index (χ0v) is 10.1. The van der Waals surface area contributed by atoms with Crippen LogP contribution in [0, 0.1) is 11.6 Å². The summed E-state index contributed by atoms with van der Waals surface area (Å²) in [4.78, 5) is 11.2. The summed E-state index contributed by atoms with van der Waals surface area (Å²) in [6.07, 6.45) is 0. The highest BCUT2D eigenvalue weighted by atomic mass is 19.2. The molecule has 0 fully saturated rings. The van der Waals surface area contributed by atoms with Crippen LogP contribution in [0.25, 0.3) is 0 Å². The largest absolute Gasteiger partial charge is 0.463 e. The van der Waals surface area contributed by atoms with E-state index in [1.807, 2.05) is 0 Å². The monoisotopic (exact) mass is 267 g/mol. The number of anilines is 1. The summed E-state index contributed by atoms with van der Waals surface area (Å²) in [5.41, 5.74) is 0.0241. The van der Waals surface area contributed by atoms with E-state index in [0.717, 1.165) is 6.07 Å². The Labute approximate surface area is 108 Å². The third-order valence-corrected chi connectivity index (χ3v) is 2.45. The van der Waals surface area contributed by atoms with Crippen molar-refractivity contribution in [2.24, 2.45) is 0 Å². The van der Waals surface area contributed by atoms with Gasteiger partial charge in [0.05, 0.1) is 19.3 Å². The Balaban J connectivity index is 2.04. The SMILES string of the molecule is COC(=O)c1ccc(CNc2cccc(F)c2F)o1. The van der Waals surface area contributed by atoms with E-state index in [9.17, 15) is 13.6 Å². The summed E-state index contributed by atoms with van der Waals surface area (Å²) in [6.45, 7) is 0.122. The van der Waals surface area contributed by atoms with Gasteiger partial charge in [0, 0.05) is 0 Å². The van der Waals surface area contributed by atoms with Gasteiger partial charge >= 0.3 is 5.97 Å². The zero-order chi connectivity index (χ0) is 13.8. The van der Waals surface area contributed by atoms with Gasteiger partial charge in [0.15, 0.2) is 11.6 Å². The standard InChI is InChI=1S/C13H11F2NO3/c1-18-13(17)11-6-5-8(19-11)7-16-10-4-2-3-9(14)12(10)15/h2-6,16H,7H2,1H3. The molecule has 0 saturated carbocycles. The number of halogens is 2. The molecular weight excluding hydrogens is 256 g/mol. The molecule has 0 saturated heterocycles. The van der Waals surface area contributed by atoms with Gasteiger partial charge in [-0.3, -0.25) is 0 Å². The molecule has 1 heterocycles. The number of furan rings is 1. The number of ether oxygens (including phenoxy) is 1. The summed E-state index contributed by atoms with van der Waals surface area (Å²) < 4.78 is 36.0. The van der Waals surface area contributed by atoms with Crippen LogP contribution in [0.15, 0.2) is 34.7 Å². The average Bonchev–Trinajstić information content (AvgIpc) is 2.88. The molecule has 4 nitrogen and oxygen atoms in total. The second-order valence-electron chi connectivity index (χ2n) is 3.71. The highest BCUT2D eigenvalue weighted by molar-refractivity contribution is 5.86. The lowest BCUT2D eigenvalue weighted by atomic mass is 10.3. The highest BCUT2D eigenvalue weighted by Crippen LogP contribution is 2.18. The topological polar surface area (TPSA) is 51.5 Å². The van der Waals surface area contributed by atoms with Gasteiger partial charge in [0.2, 0.25) is 5.76 Å². The van der Waals surface area contributed by atoms with Crippen LogP contribution in [0.5, 0.6) is 0 Å². The van der Waals surface area contributed by atoms with Gasteiger partial charge in [-0.05, 0) is 24.3 Å². The Bertz CT molecular complexity index is 595. The maximum Gasteiger partial charge on any atom is 0.373 e. The van der Waals surface area contributed by atoms with Crippen molar-refractivity contribution in [2.75, 3.05) is 12.4 Å². The van der Waals surface area contributed by atoms with Crippen molar-refractivity contribution in [3.8, 4) is 0 Å². The Morgan fingerprint density at radius 2 is 2.11 bits per heavy atom. The first-order chi connectivity index (χ1) is 9.11. The van der Waals surface area contributed by atoms with Crippen LogP contribution >= 0.6 is 0 Å². The Hall–Kier alpha value is -2.37. The Morgan fingerprint density at radius 1 is 1.32 bits per heavy atom. The maximum absolute atomic E-state index is 13.4.